The molecule has 2 N–H and O–H groups in total. The van der Waals surface area contributed by atoms with E-state index in [4.69, 9.17) is 0 Å². The van der Waals surface area contributed by atoms with Crippen molar-refractivity contribution < 1.29 is 27.5 Å². The molecule has 9 heteroatoms. The quantitative estimate of drug-likeness (QED) is 0.305. The molecule has 0 spiro atoms. The van der Waals surface area contributed by atoms with E-state index in [1.165, 1.54) is 18.2 Å². The highest BCUT2D eigenvalue weighted by Crippen LogP contribution is 2.35. The average Bonchev–Trinajstić information content (AvgIpc) is 3.30. The van der Waals surface area contributed by atoms with Gasteiger partial charge in [-0.1, -0.05) is 33.8 Å². The maximum absolute atomic E-state index is 13.6. The van der Waals surface area contributed by atoms with E-state index in [2.05, 4.69) is 10.3 Å². The Balaban J connectivity index is 0.00000103. The molecular weight excluding hydrogens is 462 g/mol. The largest absolute Gasteiger partial charge is 0.417 e. The van der Waals surface area contributed by atoms with Gasteiger partial charge in [0.1, 0.15) is 11.5 Å². The third kappa shape index (κ3) is 6.45. The van der Waals surface area contributed by atoms with E-state index in [-0.39, 0.29) is 12.3 Å². The van der Waals surface area contributed by atoms with Crippen LogP contribution in [0.4, 0.5) is 23.2 Å². The van der Waals surface area contributed by atoms with Crippen LogP contribution >= 0.6 is 0 Å². The molecule has 5 nitrogen and oxygen atoms in total. The molecule has 0 fully saturated rings. The Morgan fingerprint density at radius 2 is 1.69 bits per heavy atom. The van der Waals surface area contributed by atoms with Crippen molar-refractivity contribution in [2.75, 3.05) is 5.32 Å². The number of rotatable bonds is 4. The van der Waals surface area contributed by atoms with Gasteiger partial charge in [0.25, 0.3) is 5.91 Å². The predicted molar refractivity (Wildman–Crippen MR) is 129 cm³/mol. The molecule has 0 radical (unpaired) electrons. The fourth-order valence-corrected chi connectivity index (χ4v) is 3.24. The number of pyridine rings is 1. The zero-order valence-corrected chi connectivity index (χ0v) is 19.8. The molecule has 0 aliphatic heterocycles. The molecule has 4 rings (SSSR count). The second-order valence-electron chi connectivity index (χ2n) is 6.76. The SMILES string of the molecule is CC.CC.O=C(Nc1ccc(F)cc1)c1cc(-c2cccn3cc(CO)nc23)ccc1C(F)(F)F. The Hall–Kier alpha value is -3.72. The summed E-state index contributed by atoms with van der Waals surface area (Å²) in [6, 6.07) is 11.3. The number of carbonyl (C=O) groups is 1. The number of halogens is 4. The van der Waals surface area contributed by atoms with Crippen LogP contribution in [0.5, 0.6) is 0 Å². The van der Waals surface area contributed by atoms with Gasteiger partial charge < -0.3 is 14.8 Å². The van der Waals surface area contributed by atoms with Crippen molar-refractivity contribution in [3.8, 4) is 11.1 Å². The summed E-state index contributed by atoms with van der Waals surface area (Å²) in [6.07, 6.45) is -1.46. The molecule has 0 atom stereocenters. The third-order valence-corrected chi connectivity index (χ3v) is 4.68. The summed E-state index contributed by atoms with van der Waals surface area (Å²) >= 11 is 0. The van der Waals surface area contributed by atoms with Crippen LogP contribution in [0.2, 0.25) is 0 Å². The monoisotopic (exact) mass is 489 g/mol. The lowest BCUT2D eigenvalue weighted by atomic mass is 9.98. The van der Waals surface area contributed by atoms with Crippen LogP contribution < -0.4 is 5.32 Å². The van der Waals surface area contributed by atoms with Gasteiger partial charge in [0, 0.05) is 23.6 Å². The third-order valence-electron chi connectivity index (χ3n) is 4.68. The summed E-state index contributed by atoms with van der Waals surface area (Å²) in [4.78, 5) is 17.0. The topological polar surface area (TPSA) is 66.6 Å². The number of aliphatic hydroxyl groups excluding tert-OH is 1. The molecule has 0 aliphatic rings. The lowest BCUT2D eigenvalue weighted by Gasteiger charge is -2.15. The summed E-state index contributed by atoms with van der Waals surface area (Å²) in [5, 5.41) is 11.7. The molecule has 0 unspecified atom stereocenters. The van der Waals surface area contributed by atoms with E-state index < -0.39 is 29.0 Å². The van der Waals surface area contributed by atoms with Crippen molar-refractivity contribution in [2.45, 2.75) is 40.5 Å². The zero-order chi connectivity index (χ0) is 26.2. The van der Waals surface area contributed by atoms with Crippen molar-refractivity contribution in [3.05, 3.63) is 89.6 Å². The van der Waals surface area contributed by atoms with Crippen molar-refractivity contribution in [2.24, 2.45) is 0 Å². The fourth-order valence-electron chi connectivity index (χ4n) is 3.24. The van der Waals surface area contributed by atoms with Crippen LogP contribution in [0.3, 0.4) is 0 Å². The average molecular weight is 490 g/mol. The highest BCUT2D eigenvalue weighted by atomic mass is 19.4. The summed E-state index contributed by atoms with van der Waals surface area (Å²) in [5.41, 5.74) is 0.148. The Morgan fingerprint density at radius 1 is 1.03 bits per heavy atom. The molecule has 1 amide bonds. The maximum atomic E-state index is 13.6. The molecule has 0 saturated carbocycles. The first-order valence-corrected chi connectivity index (χ1v) is 11.1. The molecule has 186 valence electrons. The van der Waals surface area contributed by atoms with E-state index in [0.717, 1.165) is 24.3 Å². The van der Waals surface area contributed by atoms with Gasteiger partial charge in [-0.25, -0.2) is 9.37 Å². The number of nitrogens with zero attached hydrogens (tertiary/aromatic N) is 2. The molecule has 0 bridgehead atoms. The van der Waals surface area contributed by atoms with Crippen LogP contribution in [0.15, 0.2) is 67.0 Å². The Morgan fingerprint density at radius 3 is 2.29 bits per heavy atom. The number of amides is 1. The lowest BCUT2D eigenvalue weighted by molar-refractivity contribution is -0.137. The number of nitrogens with one attached hydrogen (secondary N) is 1. The molecule has 2 aromatic carbocycles. The van der Waals surface area contributed by atoms with Gasteiger partial charge in [-0.15, -0.1) is 0 Å². The number of anilines is 1. The Bertz CT molecular complexity index is 1270. The van der Waals surface area contributed by atoms with E-state index in [1.54, 1.807) is 28.9 Å². The minimum atomic E-state index is -4.75. The molecule has 35 heavy (non-hydrogen) atoms. The van der Waals surface area contributed by atoms with E-state index in [9.17, 15) is 27.5 Å². The van der Waals surface area contributed by atoms with Crippen molar-refractivity contribution in [3.63, 3.8) is 0 Å². The smallest absolute Gasteiger partial charge is 0.390 e. The van der Waals surface area contributed by atoms with Gasteiger partial charge in [-0.3, -0.25) is 4.79 Å². The molecule has 2 aromatic heterocycles. The highest BCUT2D eigenvalue weighted by Gasteiger charge is 2.35. The minimum absolute atomic E-state index is 0.160. The number of carbonyl (C=O) groups excluding carboxylic acids is 1. The molecular formula is C26H27F4N3O2. The minimum Gasteiger partial charge on any atom is -0.390 e. The predicted octanol–water partition coefficient (Wildman–Crippen LogP) is 6.96. The number of aliphatic hydroxyl groups is 1. The number of alkyl halides is 3. The number of aromatic nitrogens is 2. The van der Waals surface area contributed by atoms with Crippen molar-refractivity contribution in [1.82, 2.24) is 9.38 Å². The summed E-state index contributed by atoms with van der Waals surface area (Å²) in [5.74, 6) is -1.52. The van der Waals surface area contributed by atoms with Gasteiger partial charge in [0.2, 0.25) is 0 Å². The van der Waals surface area contributed by atoms with Gasteiger partial charge in [-0.2, -0.15) is 13.2 Å². The van der Waals surface area contributed by atoms with E-state index in [0.29, 0.717) is 22.5 Å². The van der Waals surface area contributed by atoms with Gasteiger partial charge in [0.05, 0.1) is 23.4 Å². The number of benzene rings is 2. The van der Waals surface area contributed by atoms with Crippen LogP contribution in [-0.4, -0.2) is 20.4 Å². The summed E-state index contributed by atoms with van der Waals surface area (Å²) < 4.78 is 55.4. The number of hydrogen-bond acceptors (Lipinski definition) is 3. The molecule has 2 heterocycles. The van der Waals surface area contributed by atoms with Gasteiger partial charge >= 0.3 is 6.18 Å². The Labute approximate surface area is 201 Å². The zero-order valence-electron chi connectivity index (χ0n) is 19.8. The highest BCUT2D eigenvalue weighted by molar-refractivity contribution is 6.06. The van der Waals surface area contributed by atoms with Gasteiger partial charge in [0.15, 0.2) is 0 Å². The number of imidazole rings is 1. The molecule has 0 saturated heterocycles. The summed E-state index contributed by atoms with van der Waals surface area (Å²) in [6.45, 7) is 7.71. The second-order valence-corrected chi connectivity index (χ2v) is 6.76. The maximum Gasteiger partial charge on any atom is 0.417 e. The number of fused-ring (bicyclic) bond motifs is 1. The van der Waals surface area contributed by atoms with Crippen molar-refractivity contribution in [1.29, 1.82) is 0 Å². The Kier molecular flexibility index (Phi) is 9.53. The fraction of sp³-hybridized carbons (Fsp3) is 0.231. The van der Waals surface area contributed by atoms with E-state index in [1.807, 2.05) is 27.7 Å². The van der Waals surface area contributed by atoms with Crippen LogP contribution in [0.1, 0.15) is 49.3 Å². The standard InChI is InChI=1S/C22H15F4N3O2.2C2H6/c23-14-4-6-15(7-5-14)28-21(31)18-10-13(3-8-19(18)22(24,25)26)17-2-1-9-29-11-16(12-30)27-20(17)29;2*1-2/h1-11,30H,12H2,(H,28,31);2*1-2H3. The first-order chi connectivity index (χ1) is 16.8. The molecule has 0 aliphatic carbocycles. The van der Waals surface area contributed by atoms with E-state index >= 15 is 0 Å². The summed E-state index contributed by atoms with van der Waals surface area (Å²) in [7, 11) is 0. The second kappa shape index (κ2) is 12.1. The number of hydrogen-bond donors (Lipinski definition) is 2. The van der Waals surface area contributed by atoms with Gasteiger partial charge in [-0.05, 0) is 54.1 Å². The van der Waals surface area contributed by atoms with Crippen LogP contribution in [-0.2, 0) is 12.8 Å². The molecule has 4 aromatic rings. The lowest BCUT2D eigenvalue weighted by Crippen LogP contribution is -2.19. The van der Waals surface area contributed by atoms with Crippen LogP contribution in [0, 0.1) is 5.82 Å². The normalized spacial score (nSPS) is 10.7. The van der Waals surface area contributed by atoms with Crippen molar-refractivity contribution >= 4 is 17.2 Å². The first-order valence-electron chi connectivity index (χ1n) is 11.1. The first kappa shape index (κ1) is 27.5. The van der Waals surface area contributed by atoms with Crippen LogP contribution in [0.25, 0.3) is 16.8 Å².